The Bertz CT molecular complexity index is 442. The summed E-state index contributed by atoms with van der Waals surface area (Å²) in [5.41, 5.74) is 1.83. The summed E-state index contributed by atoms with van der Waals surface area (Å²) in [4.78, 5) is 8.32. The van der Waals surface area contributed by atoms with E-state index in [2.05, 4.69) is 25.9 Å². The molecular weight excluding hydrogens is 263 g/mol. The Morgan fingerprint density at radius 2 is 1.79 bits per heavy atom. The Morgan fingerprint density at radius 1 is 1.07 bits per heavy atom. The number of aromatic nitrogens is 2. The zero-order valence-electron chi connectivity index (χ0n) is 7.11. The highest BCUT2D eigenvalue weighted by Gasteiger charge is 1.99. The number of halogens is 2. The molecule has 0 spiro atoms. The summed E-state index contributed by atoms with van der Waals surface area (Å²) >= 11 is 9.06. The molecule has 0 atom stereocenters. The van der Waals surface area contributed by atoms with Gasteiger partial charge in [-0.1, -0.05) is 23.7 Å². The lowest BCUT2D eigenvalue weighted by atomic mass is 10.2. The predicted octanol–water partition coefficient (Wildman–Crippen LogP) is 3.56. The van der Waals surface area contributed by atoms with Gasteiger partial charge < -0.3 is 0 Å². The fourth-order valence-electron chi connectivity index (χ4n) is 1.10. The maximum atomic E-state index is 5.79. The van der Waals surface area contributed by atoms with Crippen molar-refractivity contribution in [1.82, 2.24) is 9.97 Å². The second kappa shape index (κ2) is 4.07. The second-order valence-corrected chi connectivity index (χ2v) is 3.98. The summed E-state index contributed by atoms with van der Waals surface area (Å²) in [5, 5.41) is 0.719. The molecule has 2 nitrogen and oxygen atoms in total. The summed E-state index contributed by atoms with van der Waals surface area (Å²) in [6.07, 6.45) is 3.37. The Kier molecular flexibility index (Phi) is 2.79. The van der Waals surface area contributed by atoms with Gasteiger partial charge in [-0.15, -0.1) is 0 Å². The fraction of sp³-hybridized carbons (Fsp3) is 0. The lowest BCUT2D eigenvalue weighted by molar-refractivity contribution is 1.17. The van der Waals surface area contributed by atoms with E-state index in [0.29, 0.717) is 0 Å². The SMILES string of the molecule is Clc1ccc(-c2cncc(Br)n2)cc1. The first-order valence-corrected chi connectivity index (χ1v) is 5.16. The lowest BCUT2D eigenvalue weighted by Gasteiger charge is -2.00. The van der Waals surface area contributed by atoms with Gasteiger partial charge in [-0.2, -0.15) is 0 Å². The summed E-state index contributed by atoms with van der Waals surface area (Å²) in [7, 11) is 0. The van der Waals surface area contributed by atoms with Gasteiger partial charge in [-0.3, -0.25) is 4.98 Å². The van der Waals surface area contributed by atoms with E-state index in [1.54, 1.807) is 12.4 Å². The number of nitrogens with zero attached hydrogens (tertiary/aromatic N) is 2. The smallest absolute Gasteiger partial charge is 0.125 e. The van der Waals surface area contributed by atoms with Crippen molar-refractivity contribution in [3.63, 3.8) is 0 Å². The number of hydrogen-bond donors (Lipinski definition) is 0. The Balaban J connectivity index is 2.44. The molecule has 0 fully saturated rings. The third kappa shape index (κ3) is 2.11. The maximum absolute atomic E-state index is 5.79. The zero-order valence-corrected chi connectivity index (χ0v) is 9.46. The van der Waals surface area contributed by atoms with Crippen LogP contribution in [0.3, 0.4) is 0 Å². The first-order valence-electron chi connectivity index (χ1n) is 3.99. The summed E-state index contributed by atoms with van der Waals surface area (Å²) in [6, 6.07) is 7.50. The zero-order chi connectivity index (χ0) is 9.97. The average molecular weight is 270 g/mol. The minimum absolute atomic E-state index is 0.719. The highest BCUT2D eigenvalue weighted by Crippen LogP contribution is 2.19. The van der Waals surface area contributed by atoms with Crippen LogP contribution in [0.25, 0.3) is 11.3 Å². The first-order chi connectivity index (χ1) is 6.75. The van der Waals surface area contributed by atoms with Crippen LogP contribution in [0.15, 0.2) is 41.3 Å². The van der Waals surface area contributed by atoms with Crippen molar-refractivity contribution in [2.75, 3.05) is 0 Å². The third-order valence-corrected chi connectivity index (χ3v) is 2.38. The van der Waals surface area contributed by atoms with Crippen molar-refractivity contribution < 1.29 is 0 Å². The van der Waals surface area contributed by atoms with E-state index in [1.165, 1.54) is 0 Å². The van der Waals surface area contributed by atoms with Crippen LogP contribution in [0.1, 0.15) is 0 Å². The molecule has 0 N–H and O–H groups in total. The van der Waals surface area contributed by atoms with Gasteiger partial charge in [-0.25, -0.2) is 4.98 Å². The van der Waals surface area contributed by atoms with Crippen molar-refractivity contribution in [3.05, 3.63) is 46.3 Å². The first kappa shape index (κ1) is 9.62. The average Bonchev–Trinajstić information content (AvgIpc) is 2.19. The molecule has 0 unspecified atom stereocenters. The fourth-order valence-corrected chi connectivity index (χ4v) is 1.54. The van der Waals surface area contributed by atoms with Gasteiger partial charge in [0.1, 0.15) is 4.60 Å². The van der Waals surface area contributed by atoms with E-state index < -0.39 is 0 Å². The molecule has 2 rings (SSSR count). The predicted molar refractivity (Wildman–Crippen MR) is 60.2 cm³/mol. The lowest BCUT2D eigenvalue weighted by Crippen LogP contribution is -1.85. The highest BCUT2D eigenvalue weighted by atomic mass is 79.9. The Hall–Kier alpha value is -0.930. The normalized spacial score (nSPS) is 10.1. The molecule has 1 aromatic carbocycles. The van der Waals surface area contributed by atoms with Crippen LogP contribution in [0.4, 0.5) is 0 Å². The van der Waals surface area contributed by atoms with Crippen LogP contribution in [0.2, 0.25) is 5.02 Å². The standard InChI is InChI=1S/C10H6BrClN2/c11-10-6-13-5-9(14-10)7-1-3-8(12)4-2-7/h1-6H. The monoisotopic (exact) mass is 268 g/mol. The highest BCUT2D eigenvalue weighted by molar-refractivity contribution is 9.10. The number of benzene rings is 1. The van der Waals surface area contributed by atoms with Gasteiger partial charge in [0.15, 0.2) is 0 Å². The summed E-state index contributed by atoms with van der Waals surface area (Å²) in [6.45, 7) is 0. The molecule has 0 bridgehead atoms. The van der Waals surface area contributed by atoms with Crippen LogP contribution >= 0.6 is 27.5 Å². The van der Waals surface area contributed by atoms with Crippen LogP contribution in [-0.4, -0.2) is 9.97 Å². The van der Waals surface area contributed by atoms with Gasteiger partial charge in [0.2, 0.25) is 0 Å². The van der Waals surface area contributed by atoms with Crippen LogP contribution < -0.4 is 0 Å². The van der Waals surface area contributed by atoms with E-state index in [4.69, 9.17) is 11.6 Å². The quantitative estimate of drug-likeness (QED) is 0.791. The van der Waals surface area contributed by atoms with Gasteiger partial charge in [-0.05, 0) is 28.1 Å². The minimum Gasteiger partial charge on any atom is -0.260 e. The van der Waals surface area contributed by atoms with E-state index in [-0.39, 0.29) is 0 Å². The molecule has 0 saturated heterocycles. The third-order valence-electron chi connectivity index (χ3n) is 1.75. The molecule has 1 aromatic heterocycles. The Morgan fingerprint density at radius 3 is 2.43 bits per heavy atom. The van der Waals surface area contributed by atoms with Crippen molar-refractivity contribution in [2.45, 2.75) is 0 Å². The molecule has 0 amide bonds. The number of hydrogen-bond acceptors (Lipinski definition) is 2. The molecule has 0 aliphatic carbocycles. The van der Waals surface area contributed by atoms with E-state index in [1.807, 2.05) is 24.3 Å². The Labute approximate surface area is 95.1 Å². The van der Waals surface area contributed by atoms with Gasteiger partial charge in [0.25, 0.3) is 0 Å². The van der Waals surface area contributed by atoms with Crippen LogP contribution in [-0.2, 0) is 0 Å². The van der Waals surface area contributed by atoms with E-state index >= 15 is 0 Å². The molecule has 1 heterocycles. The van der Waals surface area contributed by atoms with Crippen molar-refractivity contribution in [1.29, 1.82) is 0 Å². The van der Waals surface area contributed by atoms with Gasteiger partial charge >= 0.3 is 0 Å². The topological polar surface area (TPSA) is 25.8 Å². The molecule has 14 heavy (non-hydrogen) atoms. The molecule has 2 aromatic rings. The molecule has 0 aliphatic heterocycles. The largest absolute Gasteiger partial charge is 0.260 e. The van der Waals surface area contributed by atoms with Crippen LogP contribution in [0.5, 0.6) is 0 Å². The van der Waals surface area contributed by atoms with Crippen LogP contribution in [0, 0.1) is 0 Å². The van der Waals surface area contributed by atoms with Gasteiger partial charge in [0, 0.05) is 10.6 Å². The van der Waals surface area contributed by atoms with Crippen molar-refractivity contribution in [2.24, 2.45) is 0 Å². The van der Waals surface area contributed by atoms with Crippen molar-refractivity contribution in [3.8, 4) is 11.3 Å². The summed E-state index contributed by atoms with van der Waals surface area (Å²) in [5.74, 6) is 0. The second-order valence-electron chi connectivity index (χ2n) is 2.73. The van der Waals surface area contributed by atoms with Crippen molar-refractivity contribution >= 4 is 27.5 Å². The summed E-state index contributed by atoms with van der Waals surface area (Å²) < 4.78 is 0.727. The number of rotatable bonds is 1. The minimum atomic E-state index is 0.719. The van der Waals surface area contributed by atoms with Gasteiger partial charge in [0.05, 0.1) is 18.1 Å². The molecule has 0 radical (unpaired) electrons. The molecule has 0 saturated carbocycles. The van der Waals surface area contributed by atoms with E-state index in [9.17, 15) is 0 Å². The molecule has 4 heteroatoms. The molecule has 70 valence electrons. The molecular formula is C10H6BrClN2. The van der Waals surface area contributed by atoms with E-state index in [0.717, 1.165) is 20.9 Å². The molecule has 0 aliphatic rings. The maximum Gasteiger partial charge on any atom is 0.125 e.